The fourth-order valence-corrected chi connectivity index (χ4v) is 1.99. The summed E-state index contributed by atoms with van der Waals surface area (Å²) in [5.74, 6) is 0.340. The number of carbonyl (C=O) groups is 1. The van der Waals surface area contributed by atoms with E-state index in [0.29, 0.717) is 18.9 Å². The maximum Gasteiger partial charge on any atom is 0.227 e. The van der Waals surface area contributed by atoms with Gasteiger partial charge in [-0.25, -0.2) is 0 Å². The highest BCUT2D eigenvalue weighted by Crippen LogP contribution is 2.25. The summed E-state index contributed by atoms with van der Waals surface area (Å²) >= 11 is 0. The molecule has 0 aromatic heterocycles. The molecule has 0 radical (unpaired) electrons. The molecule has 0 rings (SSSR count). The van der Waals surface area contributed by atoms with Gasteiger partial charge >= 0.3 is 0 Å². The van der Waals surface area contributed by atoms with E-state index in [9.17, 15) is 4.79 Å². The quantitative estimate of drug-likeness (QED) is 0.602. The molecule has 0 aliphatic carbocycles. The number of hydrogen-bond donors (Lipinski definition) is 3. The Bertz CT molecular complexity index is 217. The van der Waals surface area contributed by atoms with Gasteiger partial charge in [0.15, 0.2) is 0 Å². The van der Waals surface area contributed by atoms with Gasteiger partial charge in [-0.3, -0.25) is 4.79 Å². The fourth-order valence-electron chi connectivity index (χ4n) is 1.99. The lowest BCUT2D eigenvalue weighted by Crippen LogP contribution is -2.50. The molecule has 4 nitrogen and oxygen atoms in total. The number of nitrogens with two attached hydrogens (primary N) is 1. The highest BCUT2D eigenvalue weighted by atomic mass is 16.3. The lowest BCUT2D eigenvalue weighted by molar-refractivity contribution is -0.132. The van der Waals surface area contributed by atoms with Crippen LogP contribution in [-0.4, -0.2) is 30.2 Å². The lowest BCUT2D eigenvalue weighted by atomic mass is 9.81. The first-order chi connectivity index (χ1) is 7.97. The molecule has 0 saturated carbocycles. The van der Waals surface area contributed by atoms with Gasteiger partial charge in [-0.15, -0.1) is 0 Å². The van der Waals surface area contributed by atoms with Crippen molar-refractivity contribution in [2.24, 2.45) is 17.1 Å². The van der Waals surface area contributed by atoms with E-state index in [1.54, 1.807) is 0 Å². The van der Waals surface area contributed by atoms with E-state index in [-0.39, 0.29) is 18.6 Å². The summed E-state index contributed by atoms with van der Waals surface area (Å²) in [7, 11) is 0. The van der Waals surface area contributed by atoms with Gasteiger partial charge in [-0.1, -0.05) is 27.7 Å². The molecule has 0 saturated heterocycles. The van der Waals surface area contributed by atoms with Crippen molar-refractivity contribution < 1.29 is 9.90 Å². The van der Waals surface area contributed by atoms with Crippen molar-refractivity contribution in [3.05, 3.63) is 0 Å². The minimum absolute atomic E-state index is 0.0246. The fraction of sp³-hybridized carbons (Fsp3) is 0.923. The van der Waals surface area contributed by atoms with E-state index in [1.165, 1.54) is 0 Å². The average molecular weight is 244 g/mol. The molecule has 0 aromatic rings. The van der Waals surface area contributed by atoms with Crippen molar-refractivity contribution >= 4 is 5.91 Å². The maximum absolute atomic E-state index is 12.3. The smallest absolute Gasteiger partial charge is 0.227 e. The molecule has 1 atom stereocenters. The van der Waals surface area contributed by atoms with Crippen molar-refractivity contribution in [2.45, 2.75) is 53.0 Å². The first kappa shape index (κ1) is 16.4. The summed E-state index contributed by atoms with van der Waals surface area (Å²) in [5, 5.41) is 12.0. The molecular weight excluding hydrogens is 216 g/mol. The van der Waals surface area contributed by atoms with Crippen LogP contribution in [0.3, 0.4) is 0 Å². The van der Waals surface area contributed by atoms with Crippen molar-refractivity contribution in [2.75, 3.05) is 13.2 Å². The van der Waals surface area contributed by atoms with Gasteiger partial charge in [0.2, 0.25) is 5.91 Å². The van der Waals surface area contributed by atoms with Crippen LogP contribution < -0.4 is 11.1 Å². The third-order valence-corrected chi connectivity index (χ3v) is 3.79. The van der Waals surface area contributed by atoms with Crippen LogP contribution in [-0.2, 0) is 4.79 Å². The molecule has 0 aliphatic rings. The van der Waals surface area contributed by atoms with Crippen LogP contribution in [0.4, 0.5) is 0 Å². The van der Waals surface area contributed by atoms with E-state index < -0.39 is 5.41 Å². The van der Waals surface area contributed by atoms with E-state index in [1.807, 2.05) is 27.7 Å². The Balaban J connectivity index is 4.67. The largest absolute Gasteiger partial charge is 0.396 e. The van der Waals surface area contributed by atoms with E-state index in [2.05, 4.69) is 5.32 Å². The highest BCUT2D eigenvalue weighted by Gasteiger charge is 2.34. The Labute approximate surface area is 105 Å². The number of nitrogens with one attached hydrogen (secondary N) is 1. The minimum atomic E-state index is -0.456. The molecule has 4 N–H and O–H groups in total. The van der Waals surface area contributed by atoms with Crippen LogP contribution in [0.1, 0.15) is 47.0 Å². The number of amides is 1. The summed E-state index contributed by atoms with van der Waals surface area (Å²) in [4.78, 5) is 12.3. The molecule has 0 fully saturated rings. The number of aliphatic hydroxyl groups is 1. The number of carbonyl (C=O) groups excluding carboxylic acids is 1. The molecule has 1 amide bonds. The average Bonchev–Trinajstić information content (AvgIpc) is 2.31. The predicted molar refractivity (Wildman–Crippen MR) is 70.5 cm³/mol. The summed E-state index contributed by atoms with van der Waals surface area (Å²) in [6, 6.07) is 0.0246. The Kier molecular flexibility index (Phi) is 7.39. The van der Waals surface area contributed by atoms with Crippen LogP contribution in [0.15, 0.2) is 0 Å². The molecule has 0 spiro atoms. The second kappa shape index (κ2) is 7.67. The van der Waals surface area contributed by atoms with Gasteiger partial charge in [0.1, 0.15) is 0 Å². The Hall–Kier alpha value is -0.610. The Morgan fingerprint density at radius 2 is 1.88 bits per heavy atom. The zero-order valence-corrected chi connectivity index (χ0v) is 11.6. The van der Waals surface area contributed by atoms with E-state index >= 15 is 0 Å². The van der Waals surface area contributed by atoms with Crippen LogP contribution in [0.2, 0.25) is 0 Å². The molecule has 17 heavy (non-hydrogen) atoms. The van der Waals surface area contributed by atoms with Gasteiger partial charge < -0.3 is 16.2 Å². The molecule has 102 valence electrons. The topological polar surface area (TPSA) is 75.4 Å². The second-order valence-corrected chi connectivity index (χ2v) is 5.03. The van der Waals surface area contributed by atoms with Gasteiger partial charge in [0.25, 0.3) is 0 Å². The van der Waals surface area contributed by atoms with Crippen molar-refractivity contribution in [3.8, 4) is 0 Å². The van der Waals surface area contributed by atoms with Crippen LogP contribution in [0.25, 0.3) is 0 Å². The normalized spacial score (nSPS) is 13.8. The minimum Gasteiger partial charge on any atom is -0.396 e. The molecule has 4 heteroatoms. The van der Waals surface area contributed by atoms with E-state index in [0.717, 1.165) is 12.8 Å². The Morgan fingerprint density at radius 1 is 1.35 bits per heavy atom. The Morgan fingerprint density at radius 3 is 2.18 bits per heavy atom. The van der Waals surface area contributed by atoms with Gasteiger partial charge in [0, 0.05) is 19.2 Å². The zero-order valence-electron chi connectivity index (χ0n) is 11.6. The summed E-state index contributed by atoms with van der Waals surface area (Å²) in [6.07, 6.45) is 2.09. The molecule has 0 aliphatic heterocycles. The van der Waals surface area contributed by atoms with Crippen LogP contribution >= 0.6 is 0 Å². The van der Waals surface area contributed by atoms with E-state index in [4.69, 9.17) is 10.8 Å². The van der Waals surface area contributed by atoms with Crippen molar-refractivity contribution in [3.63, 3.8) is 0 Å². The first-order valence-electron chi connectivity index (χ1n) is 6.59. The number of hydrogen-bond acceptors (Lipinski definition) is 3. The second-order valence-electron chi connectivity index (χ2n) is 5.03. The summed E-state index contributed by atoms with van der Waals surface area (Å²) < 4.78 is 0. The number of rotatable bonds is 8. The highest BCUT2D eigenvalue weighted by molar-refractivity contribution is 5.83. The molecule has 0 heterocycles. The standard InChI is InChI=1S/C13H28N2O2/c1-5-13(6-2,9-14)12(17)15-11(7-8-16)10(3)4/h10-11,16H,5-9,14H2,1-4H3,(H,15,17). The summed E-state index contributed by atoms with van der Waals surface area (Å²) in [6.45, 7) is 8.54. The van der Waals surface area contributed by atoms with Gasteiger partial charge in [-0.2, -0.15) is 0 Å². The molecule has 0 aromatic carbocycles. The van der Waals surface area contributed by atoms with Crippen molar-refractivity contribution in [1.29, 1.82) is 0 Å². The van der Waals surface area contributed by atoms with Gasteiger partial charge in [0.05, 0.1) is 5.41 Å². The molecular formula is C13H28N2O2. The zero-order chi connectivity index (χ0) is 13.5. The third kappa shape index (κ3) is 4.28. The molecule has 1 unspecified atom stereocenters. The maximum atomic E-state index is 12.3. The van der Waals surface area contributed by atoms with Crippen LogP contribution in [0, 0.1) is 11.3 Å². The predicted octanol–water partition coefficient (Wildman–Crippen LogP) is 1.27. The van der Waals surface area contributed by atoms with Gasteiger partial charge in [-0.05, 0) is 25.2 Å². The van der Waals surface area contributed by atoms with Crippen molar-refractivity contribution in [1.82, 2.24) is 5.32 Å². The molecule has 0 bridgehead atoms. The number of aliphatic hydroxyl groups excluding tert-OH is 1. The monoisotopic (exact) mass is 244 g/mol. The summed E-state index contributed by atoms with van der Waals surface area (Å²) in [5.41, 5.74) is 5.29. The van der Waals surface area contributed by atoms with Crippen LogP contribution in [0.5, 0.6) is 0 Å². The first-order valence-corrected chi connectivity index (χ1v) is 6.59. The third-order valence-electron chi connectivity index (χ3n) is 3.79. The SMILES string of the molecule is CCC(CC)(CN)C(=O)NC(CCO)C(C)C. The lowest BCUT2D eigenvalue weighted by Gasteiger charge is -2.32.